The summed E-state index contributed by atoms with van der Waals surface area (Å²) in [6, 6.07) is 5.76. The van der Waals surface area contributed by atoms with Crippen molar-refractivity contribution in [1.82, 2.24) is 10.2 Å². The predicted octanol–water partition coefficient (Wildman–Crippen LogP) is 1.48. The third-order valence-electron chi connectivity index (χ3n) is 4.23. The summed E-state index contributed by atoms with van der Waals surface area (Å²) in [5.41, 5.74) is 0.994. The van der Waals surface area contributed by atoms with Crippen LogP contribution in [0.15, 0.2) is 18.2 Å². The number of carbonyl (C=O) groups excluding carboxylic acids is 1. The lowest BCUT2D eigenvalue weighted by molar-refractivity contribution is -0.127. The van der Waals surface area contributed by atoms with Gasteiger partial charge in [-0.15, -0.1) is 0 Å². The number of hydrogen-bond donors (Lipinski definition) is 1. The molecule has 0 aliphatic carbocycles. The highest BCUT2D eigenvalue weighted by molar-refractivity contribution is 6.30. The number of carbonyl (C=O) groups is 1. The minimum Gasteiger partial charge on any atom is -0.480 e. The highest BCUT2D eigenvalue weighted by Gasteiger charge is 2.29. The SMILES string of the molecule is C[C@@H](CNC(=O)[C@H]1Cc2cc(Cl)ccc2O1)N1CCOCC1. The van der Waals surface area contributed by atoms with Gasteiger partial charge >= 0.3 is 0 Å². The smallest absolute Gasteiger partial charge is 0.261 e. The first-order valence-corrected chi connectivity index (χ1v) is 8.06. The topological polar surface area (TPSA) is 50.8 Å². The number of hydrogen-bond acceptors (Lipinski definition) is 4. The van der Waals surface area contributed by atoms with E-state index in [4.69, 9.17) is 21.1 Å². The van der Waals surface area contributed by atoms with E-state index in [0.29, 0.717) is 24.0 Å². The highest BCUT2D eigenvalue weighted by atomic mass is 35.5. The van der Waals surface area contributed by atoms with Gasteiger partial charge in [-0.25, -0.2) is 0 Å². The second-order valence-electron chi connectivity index (χ2n) is 5.81. The van der Waals surface area contributed by atoms with Gasteiger partial charge in [0.2, 0.25) is 0 Å². The molecule has 0 radical (unpaired) electrons. The van der Waals surface area contributed by atoms with E-state index in [-0.39, 0.29) is 5.91 Å². The molecule has 3 rings (SSSR count). The Bertz CT molecular complexity index is 546. The van der Waals surface area contributed by atoms with Gasteiger partial charge in [-0.1, -0.05) is 11.6 Å². The first-order valence-electron chi connectivity index (χ1n) is 7.68. The van der Waals surface area contributed by atoms with Gasteiger partial charge in [0, 0.05) is 37.1 Å². The van der Waals surface area contributed by atoms with Crippen LogP contribution < -0.4 is 10.1 Å². The summed E-state index contributed by atoms with van der Waals surface area (Å²) >= 11 is 5.97. The van der Waals surface area contributed by atoms with Gasteiger partial charge in [0.15, 0.2) is 6.10 Å². The Morgan fingerprint density at radius 2 is 2.23 bits per heavy atom. The third kappa shape index (κ3) is 3.54. The maximum absolute atomic E-state index is 12.3. The van der Waals surface area contributed by atoms with Crippen molar-refractivity contribution in [2.24, 2.45) is 0 Å². The second-order valence-corrected chi connectivity index (χ2v) is 6.24. The van der Waals surface area contributed by atoms with Crippen molar-refractivity contribution in [3.05, 3.63) is 28.8 Å². The average molecular weight is 325 g/mol. The zero-order valence-corrected chi connectivity index (χ0v) is 13.4. The predicted molar refractivity (Wildman–Crippen MR) is 84.4 cm³/mol. The number of fused-ring (bicyclic) bond motifs is 1. The lowest BCUT2D eigenvalue weighted by atomic mass is 10.1. The minimum absolute atomic E-state index is 0.0626. The van der Waals surface area contributed by atoms with Crippen LogP contribution in [0, 0.1) is 0 Å². The lowest BCUT2D eigenvalue weighted by Crippen LogP contribution is -2.49. The van der Waals surface area contributed by atoms with Crippen molar-refractivity contribution in [3.8, 4) is 5.75 Å². The fourth-order valence-corrected chi connectivity index (χ4v) is 3.07. The highest BCUT2D eigenvalue weighted by Crippen LogP contribution is 2.31. The number of ether oxygens (including phenoxy) is 2. The van der Waals surface area contributed by atoms with Crippen molar-refractivity contribution >= 4 is 17.5 Å². The zero-order chi connectivity index (χ0) is 15.5. The van der Waals surface area contributed by atoms with E-state index in [9.17, 15) is 4.79 Å². The minimum atomic E-state index is -0.453. The molecule has 0 saturated carbocycles. The molecule has 6 heteroatoms. The van der Waals surface area contributed by atoms with E-state index >= 15 is 0 Å². The second kappa shape index (κ2) is 6.86. The van der Waals surface area contributed by atoms with Gasteiger partial charge in [-0.05, 0) is 30.7 Å². The fraction of sp³-hybridized carbons (Fsp3) is 0.562. The van der Waals surface area contributed by atoms with Crippen LogP contribution in [0.2, 0.25) is 5.02 Å². The van der Waals surface area contributed by atoms with E-state index in [2.05, 4.69) is 17.1 Å². The van der Waals surface area contributed by atoms with Crippen molar-refractivity contribution < 1.29 is 14.3 Å². The van der Waals surface area contributed by atoms with Crippen LogP contribution >= 0.6 is 11.6 Å². The van der Waals surface area contributed by atoms with E-state index < -0.39 is 6.10 Å². The Labute approximate surface area is 135 Å². The number of nitrogens with zero attached hydrogens (tertiary/aromatic N) is 1. The molecule has 1 amide bonds. The van der Waals surface area contributed by atoms with E-state index in [1.165, 1.54) is 0 Å². The summed E-state index contributed by atoms with van der Waals surface area (Å²) in [4.78, 5) is 14.6. The molecule has 0 spiro atoms. The van der Waals surface area contributed by atoms with Crippen LogP contribution in [-0.4, -0.2) is 55.8 Å². The molecule has 2 aliphatic heterocycles. The largest absolute Gasteiger partial charge is 0.480 e. The van der Waals surface area contributed by atoms with Gasteiger partial charge in [-0.3, -0.25) is 9.69 Å². The molecule has 0 bridgehead atoms. The van der Waals surface area contributed by atoms with Crippen molar-refractivity contribution in [1.29, 1.82) is 0 Å². The van der Waals surface area contributed by atoms with E-state index in [1.54, 1.807) is 6.07 Å². The van der Waals surface area contributed by atoms with Crippen molar-refractivity contribution in [2.45, 2.75) is 25.5 Å². The van der Waals surface area contributed by atoms with Gasteiger partial charge in [0.05, 0.1) is 13.2 Å². The summed E-state index contributed by atoms with van der Waals surface area (Å²) in [6.07, 6.45) is 0.124. The summed E-state index contributed by atoms with van der Waals surface area (Å²) in [5, 5.41) is 3.66. The third-order valence-corrected chi connectivity index (χ3v) is 4.47. The van der Waals surface area contributed by atoms with Crippen molar-refractivity contribution in [2.75, 3.05) is 32.8 Å². The molecule has 120 valence electrons. The summed E-state index contributed by atoms with van der Waals surface area (Å²) in [6.45, 7) is 6.10. The first kappa shape index (κ1) is 15.6. The maximum Gasteiger partial charge on any atom is 0.261 e. The molecule has 1 aromatic carbocycles. The number of benzene rings is 1. The molecule has 2 atom stereocenters. The molecule has 1 N–H and O–H groups in total. The Morgan fingerprint density at radius 3 is 3.00 bits per heavy atom. The standard InChI is InChI=1S/C16H21ClN2O3/c1-11(19-4-6-21-7-5-19)10-18-16(20)15-9-12-8-13(17)2-3-14(12)22-15/h2-3,8,11,15H,4-7,9-10H2,1H3,(H,18,20)/t11-,15+/m0/s1. The Morgan fingerprint density at radius 1 is 1.45 bits per heavy atom. The average Bonchev–Trinajstić information content (AvgIpc) is 2.96. The number of morpholine rings is 1. The Balaban J connectivity index is 1.49. The molecule has 1 aromatic rings. The molecule has 1 fully saturated rings. The normalized spacial score (nSPS) is 22.7. The van der Waals surface area contributed by atoms with Crippen molar-refractivity contribution in [3.63, 3.8) is 0 Å². The van der Waals surface area contributed by atoms with Crippen LogP contribution in [0.5, 0.6) is 5.75 Å². The monoisotopic (exact) mass is 324 g/mol. The summed E-state index contributed by atoms with van der Waals surface area (Å²) < 4.78 is 11.0. The van der Waals surface area contributed by atoms with Gasteiger partial charge < -0.3 is 14.8 Å². The molecule has 22 heavy (non-hydrogen) atoms. The Hall–Kier alpha value is -1.30. The van der Waals surface area contributed by atoms with E-state index in [1.807, 2.05) is 12.1 Å². The van der Waals surface area contributed by atoms with Gasteiger partial charge in [0.25, 0.3) is 5.91 Å². The molecular formula is C16H21ClN2O3. The number of halogens is 1. The number of amides is 1. The molecule has 0 unspecified atom stereocenters. The molecular weight excluding hydrogens is 304 g/mol. The van der Waals surface area contributed by atoms with Crippen LogP contribution in [0.1, 0.15) is 12.5 Å². The Kier molecular flexibility index (Phi) is 4.86. The maximum atomic E-state index is 12.3. The molecule has 1 saturated heterocycles. The van der Waals surface area contributed by atoms with Gasteiger partial charge in [-0.2, -0.15) is 0 Å². The molecule has 0 aromatic heterocycles. The summed E-state index contributed by atoms with van der Waals surface area (Å²) in [5.74, 6) is 0.693. The summed E-state index contributed by atoms with van der Waals surface area (Å²) in [7, 11) is 0. The molecule has 5 nitrogen and oxygen atoms in total. The number of nitrogens with one attached hydrogen (secondary N) is 1. The van der Waals surface area contributed by atoms with Crippen LogP contribution in [0.4, 0.5) is 0 Å². The fourth-order valence-electron chi connectivity index (χ4n) is 2.87. The van der Waals surface area contributed by atoms with Crippen LogP contribution in [-0.2, 0) is 16.0 Å². The zero-order valence-electron chi connectivity index (χ0n) is 12.7. The quantitative estimate of drug-likeness (QED) is 0.911. The van der Waals surface area contributed by atoms with E-state index in [0.717, 1.165) is 37.6 Å². The number of rotatable bonds is 4. The molecule has 2 heterocycles. The van der Waals surface area contributed by atoms with Gasteiger partial charge in [0.1, 0.15) is 5.75 Å². The molecule has 2 aliphatic rings. The lowest BCUT2D eigenvalue weighted by Gasteiger charge is -2.32. The first-order chi connectivity index (χ1) is 10.6. The van der Waals surface area contributed by atoms with Crippen LogP contribution in [0.3, 0.4) is 0 Å². The van der Waals surface area contributed by atoms with Crippen LogP contribution in [0.25, 0.3) is 0 Å².